The van der Waals surface area contributed by atoms with E-state index in [0.29, 0.717) is 5.92 Å². The number of H-pyrrole nitrogens is 1. The van der Waals surface area contributed by atoms with Crippen molar-refractivity contribution in [3.05, 3.63) is 50.8 Å². The van der Waals surface area contributed by atoms with E-state index in [1.54, 1.807) is 29.7 Å². The summed E-state index contributed by atoms with van der Waals surface area (Å²) in [5, 5.41) is 2.08. The highest BCUT2D eigenvalue weighted by Crippen LogP contribution is 2.29. The number of thiazole rings is 1. The monoisotopic (exact) mass is 344 g/mol. The highest BCUT2D eigenvalue weighted by molar-refractivity contribution is 7.07. The van der Waals surface area contributed by atoms with E-state index in [2.05, 4.69) is 20.2 Å². The van der Waals surface area contributed by atoms with Crippen LogP contribution in [-0.2, 0) is 6.54 Å². The van der Waals surface area contributed by atoms with Crippen LogP contribution in [0.3, 0.4) is 0 Å². The molecule has 3 aliphatic rings. The van der Waals surface area contributed by atoms with E-state index in [0.717, 1.165) is 44.7 Å². The number of nitrogens with zero attached hydrogens (tertiary/aromatic N) is 3. The van der Waals surface area contributed by atoms with Crippen LogP contribution in [-0.4, -0.2) is 51.4 Å². The van der Waals surface area contributed by atoms with Crippen LogP contribution >= 0.6 is 11.3 Å². The molecule has 6 nitrogen and oxygen atoms in total. The summed E-state index contributed by atoms with van der Waals surface area (Å²) in [4.78, 5) is 36.1. The van der Waals surface area contributed by atoms with Gasteiger partial charge in [0, 0.05) is 43.8 Å². The molecule has 2 bridgehead atoms. The molecule has 24 heavy (non-hydrogen) atoms. The van der Waals surface area contributed by atoms with Crippen LogP contribution in [0.1, 0.15) is 28.9 Å². The SMILES string of the molecule is O=C(c1ccc[nH]c1=O)N1C[C@H]2CC[C@@H]1CN(Cc1cscn1)C2. The first kappa shape index (κ1) is 15.5. The maximum Gasteiger partial charge on any atom is 0.260 e. The first-order chi connectivity index (χ1) is 11.7. The number of amides is 1. The maximum atomic E-state index is 12.9. The lowest BCUT2D eigenvalue weighted by Gasteiger charge is -2.36. The summed E-state index contributed by atoms with van der Waals surface area (Å²) >= 11 is 1.61. The van der Waals surface area contributed by atoms with Crippen LogP contribution in [0, 0.1) is 5.92 Å². The van der Waals surface area contributed by atoms with Crippen LogP contribution in [0.4, 0.5) is 0 Å². The number of hydrogen-bond donors (Lipinski definition) is 1. The first-order valence-corrected chi connectivity index (χ1v) is 9.23. The number of aromatic amines is 1. The fraction of sp³-hybridized carbons (Fsp3) is 0.471. The molecule has 3 aliphatic heterocycles. The second-order valence-corrected chi connectivity index (χ2v) is 7.36. The first-order valence-electron chi connectivity index (χ1n) is 8.29. The lowest BCUT2D eigenvalue weighted by Crippen LogP contribution is -2.48. The predicted molar refractivity (Wildman–Crippen MR) is 92.0 cm³/mol. The quantitative estimate of drug-likeness (QED) is 0.918. The Bertz CT molecular complexity index is 773. The Labute approximate surface area is 144 Å². The van der Waals surface area contributed by atoms with Gasteiger partial charge in [-0.1, -0.05) is 0 Å². The van der Waals surface area contributed by atoms with E-state index in [1.807, 2.05) is 10.4 Å². The van der Waals surface area contributed by atoms with Crippen molar-refractivity contribution in [1.82, 2.24) is 19.8 Å². The number of fused-ring (bicyclic) bond motifs is 4. The van der Waals surface area contributed by atoms with E-state index in [1.165, 1.54) is 0 Å². The van der Waals surface area contributed by atoms with Crippen LogP contribution in [0.5, 0.6) is 0 Å². The average molecular weight is 344 g/mol. The van der Waals surface area contributed by atoms with E-state index < -0.39 is 0 Å². The van der Waals surface area contributed by atoms with Gasteiger partial charge in [-0.3, -0.25) is 14.5 Å². The van der Waals surface area contributed by atoms with Gasteiger partial charge in [-0.25, -0.2) is 4.98 Å². The Hall–Kier alpha value is -1.99. The fourth-order valence-corrected chi connectivity index (χ4v) is 4.40. The molecular weight excluding hydrogens is 324 g/mol. The second kappa shape index (κ2) is 6.49. The zero-order chi connectivity index (χ0) is 16.5. The van der Waals surface area contributed by atoms with E-state index >= 15 is 0 Å². The van der Waals surface area contributed by atoms with Gasteiger partial charge in [-0.2, -0.15) is 0 Å². The molecule has 0 aromatic carbocycles. The predicted octanol–water partition coefficient (Wildman–Crippen LogP) is 1.57. The minimum Gasteiger partial charge on any atom is -0.334 e. The Morgan fingerprint density at radius 1 is 1.33 bits per heavy atom. The van der Waals surface area contributed by atoms with Crippen molar-refractivity contribution >= 4 is 17.2 Å². The van der Waals surface area contributed by atoms with Crippen molar-refractivity contribution in [2.45, 2.75) is 25.4 Å². The highest BCUT2D eigenvalue weighted by Gasteiger charge is 2.38. The third-order valence-electron chi connectivity index (χ3n) is 4.97. The van der Waals surface area contributed by atoms with Crippen LogP contribution in [0.25, 0.3) is 0 Å². The largest absolute Gasteiger partial charge is 0.334 e. The lowest BCUT2D eigenvalue weighted by molar-refractivity contribution is 0.0583. The van der Waals surface area contributed by atoms with Crippen molar-refractivity contribution in [1.29, 1.82) is 0 Å². The summed E-state index contributed by atoms with van der Waals surface area (Å²) in [5.74, 6) is 0.330. The molecule has 0 saturated carbocycles. The van der Waals surface area contributed by atoms with E-state index in [-0.39, 0.29) is 23.1 Å². The summed E-state index contributed by atoms with van der Waals surface area (Å²) in [7, 11) is 0. The van der Waals surface area contributed by atoms with Crippen LogP contribution in [0.2, 0.25) is 0 Å². The Balaban J connectivity index is 1.53. The molecule has 3 saturated heterocycles. The molecule has 1 amide bonds. The van der Waals surface area contributed by atoms with Gasteiger partial charge in [0.25, 0.3) is 11.5 Å². The number of carbonyl (C=O) groups excluding carboxylic acids is 1. The number of hydrogen-bond acceptors (Lipinski definition) is 5. The number of rotatable bonds is 3. The molecule has 2 aromatic heterocycles. The van der Waals surface area contributed by atoms with Gasteiger partial charge in [0.15, 0.2) is 0 Å². The Morgan fingerprint density at radius 2 is 2.25 bits per heavy atom. The summed E-state index contributed by atoms with van der Waals surface area (Å²) in [6.07, 6.45) is 3.71. The van der Waals surface area contributed by atoms with Crippen molar-refractivity contribution < 1.29 is 4.79 Å². The molecular formula is C17H20N4O2S. The number of pyridine rings is 1. The molecule has 5 rings (SSSR count). The van der Waals surface area contributed by atoms with Crippen molar-refractivity contribution in [3.8, 4) is 0 Å². The van der Waals surface area contributed by atoms with Gasteiger partial charge in [0.1, 0.15) is 5.56 Å². The molecule has 5 heterocycles. The third-order valence-corrected chi connectivity index (χ3v) is 5.60. The van der Waals surface area contributed by atoms with Gasteiger partial charge in [-0.05, 0) is 30.9 Å². The number of piperidine rings is 1. The second-order valence-electron chi connectivity index (χ2n) is 6.64. The topological polar surface area (TPSA) is 69.3 Å². The number of nitrogens with one attached hydrogen (secondary N) is 1. The summed E-state index contributed by atoms with van der Waals surface area (Å²) in [5.41, 5.74) is 2.90. The standard InChI is InChI=1S/C17H20N4O2S/c22-16-15(2-1-5-18-16)17(23)21-7-12-3-4-14(21)9-20(6-12)8-13-10-24-11-19-13/h1-2,5,10-12,14H,3-4,6-9H2,(H,18,22)/t12-,14+/m0/s1. The zero-order valence-electron chi connectivity index (χ0n) is 13.4. The zero-order valence-corrected chi connectivity index (χ0v) is 14.2. The number of carbonyl (C=O) groups is 1. The molecule has 0 aliphatic carbocycles. The van der Waals surface area contributed by atoms with Crippen molar-refractivity contribution in [3.63, 3.8) is 0 Å². The molecule has 2 atom stereocenters. The molecule has 1 N–H and O–H groups in total. The van der Waals surface area contributed by atoms with Crippen molar-refractivity contribution in [2.75, 3.05) is 19.6 Å². The van der Waals surface area contributed by atoms with Gasteiger partial charge < -0.3 is 9.88 Å². The minimum absolute atomic E-state index is 0.137. The highest BCUT2D eigenvalue weighted by atomic mass is 32.1. The Morgan fingerprint density at radius 3 is 3.04 bits per heavy atom. The molecule has 0 spiro atoms. The van der Waals surface area contributed by atoms with Crippen LogP contribution in [0.15, 0.2) is 34.0 Å². The third kappa shape index (κ3) is 3.01. The minimum atomic E-state index is -0.304. The normalized spacial score (nSPS) is 24.1. The van der Waals surface area contributed by atoms with Gasteiger partial charge in [0.05, 0.1) is 11.2 Å². The van der Waals surface area contributed by atoms with Gasteiger partial charge >= 0.3 is 0 Å². The Kier molecular flexibility index (Phi) is 4.20. The maximum absolute atomic E-state index is 12.9. The molecule has 0 unspecified atom stereocenters. The lowest BCUT2D eigenvalue weighted by atomic mass is 9.94. The van der Waals surface area contributed by atoms with Crippen molar-refractivity contribution in [2.24, 2.45) is 5.92 Å². The molecule has 126 valence electrons. The smallest absolute Gasteiger partial charge is 0.260 e. The fourth-order valence-electron chi connectivity index (χ4n) is 3.85. The summed E-state index contributed by atoms with van der Waals surface area (Å²) < 4.78 is 0. The number of aromatic nitrogens is 2. The molecule has 0 radical (unpaired) electrons. The summed E-state index contributed by atoms with van der Waals surface area (Å²) in [6.45, 7) is 3.42. The van der Waals surface area contributed by atoms with Crippen LogP contribution < -0.4 is 5.56 Å². The molecule has 3 fully saturated rings. The molecule has 7 heteroatoms. The average Bonchev–Trinajstić information content (AvgIpc) is 2.94. The van der Waals surface area contributed by atoms with Gasteiger partial charge in [-0.15, -0.1) is 11.3 Å². The van der Waals surface area contributed by atoms with E-state index in [9.17, 15) is 9.59 Å². The summed E-state index contributed by atoms with van der Waals surface area (Å²) in [6, 6.07) is 3.50. The van der Waals surface area contributed by atoms with E-state index in [4.69, 9.17) is 0 Å². The van der Waals surface area contributed by atoms with Gasteiger partial charge in [0.2, 0.25) is 0 Å². The molecule has 2 aromatic rings.